The van der Waals surface area contributed by atoms with Crippen LogP contribution in [0.5, 0.6) is 0 Å². The molecule has 1 atom stereocenters. The summed E-state index contributed by atoms with van der Waals surface area (Å²) >= 11 is 6.18. The van der Waals surface area contributed by atoms with Crippen LogP contribution in [0.4, 0.5) is 0 Å². The van der Waals surface area contributed by atoms with E-state index in [1.165, 1.54) is 24.6 Å². The summed E-state index contributed by atoms with van der Waals surface area (Å²) in [5, 5.41) is 4.09. The molecule has 1 aromatic carbocycles. The Hall–Kier alpha value is -1.93. The second-order valence-electron chi connectivity index (χ2n) is 6.07. The Balaban J connectivity index is 2.00. The highest BCUT2D eigenvalue weighted by Crippen LogP contribution is 2.31. The largest absolute Gasteiger partial charge is 0.343 e. The molecular formula is C16H18ClN3O4S. The van der Waals surface area contributed by atoms with E-state index in [1.54, 1.807) is 4.90 Å². The third kappa shape index (κ3) is 3.85. The van der Waals surface area contributed by atoms with Crippen LogP contribution in [0.25, 0.3) is 0 Å². The molecule has 1 unspecified atom stereocenters. The van der Waals surface area contributed by atoms with Gasteiger partial charge in [0, 0.05) is 12.8 Å². The molecule has 134 valence electrons. The Morgan fingerprint density at radius 3 is 2.80 bits per heavy atom. The maximum absolute atomic E-state index is 13.1. The van der Waals surface area contributed by atoms with Gasteiger partial charge in [-0.1, -0.05) is 29.6 Å². The Labute approximate surface area is 150 Å². The topological polar surface area (TPSA) is 93.4 Å². The first kappa shape index (κ1) is 17.9. The van der Waals surface area contributed by atoms with Gasteiger partial charge in [0.05, 0.1) is 21.5 Å². The fraction of sp³-hybridized carbons (Fsp3) is 0.438. The number of hydrogen-bond acceptors (Lipinski definition) is 6. The minimum absolute atomic E-state index is 0.0613. The summed E-state index contributed by atoms with van der Waals surface area (Å²) < 4.78 is 28.4. The number of sulfone groups is 1. The lowest BCUT2D eigenvalue weighted by Gasteiger charge is -2.28. The summed E-state index contributed by atoms with van der Waals surface area (Å²) in [5.74, 6) is 0.123. The summed E-state index contributed by atoms with van der Waals surface area (Å²) in [7, 11) is -3.44. The number of aromatic nitrogens is 2. The molecular weight excluding hydrogens is 366 g/mol. The predicted molar refractivity (Wildman–Crippen MR) is 91.1 cm³/mol. The van der Waals surface area contributed by atoms with E-state index in [-0.39, 0.29) is 27.4 Å². The molecule has 1 aliphatic rings. The number of benzene rings is 1. The third-order valence-corrected chi connectivity index (χ3v) is 5.73. The van der Waals surface area contributed by atoms with Gasteiger partial charge in [0.15, 0.2) is 15.7 Å². The Bertz CT molecular complexity index is 868. The van der Waals surface area contributed by atoms with Crippen molar-refractivity contribution < 1.29 is 17.7 Å². The van der Waals surface area contributed by atoms with Crippen LogP contribution in [0.3, 0.4) is 0 Å². The van der Waals surface area contributed by atoms with Crippen LogP contribution in [0, 0.1) is 0 Å². The van der Waals surface area contributed by atoms with Crippen molar-refractivity contribution in [2.45, 2.75) is 36.6 Å². The lowest BCUT2D eigenvalue weighted by molar-refractivity contribution is 0.0670. The minimum Gasteiger partial charge on any atom is -0.343 e. The van der Waals surface area contributed by atoms with Gasteiger partial charge < -0.3 is 9.42 Å². The molecule has 2 heterocycles. The summed E-state index contributed by atoms with van der Waals surface area (Å²) in [6.07, 6.45) is 5.84. The second kappa shape index (κ2) is 7.13. The van der Waals surface area contributed by atoms with Crippen molar-refractivity contribution in [3.63, 3.8) is 0 Å². The van der Waals surface area contributed by atoms with E-state index >= 15 is 0 Å². The van der Waals surface area contributed by atoms with E-state index in [2.05, 4.69) is 10.1 Å². The molecule has 1 amide bonds. The van der Waals surface area contributed by atoms with Crippen molar-refractivity contribution in [1.82, 2.24) is 15.0 Å². The molecule has 2 aromatic rings. The summed E-state index contributed by atoms with van der Waals surface area (Å²) in [6, 6.07) is 3.85. The zero-order valence-corrected chi connectivity index (χ0v) is 15.3. The molecule has 0 aliphatic carbocycles. The summed E-state index contributed by atoms with van der Waals surface area (Å²) in [4.78, 5) is 18.9. The van der Waals surface area contributed by atoms with Gasteiger partial charge in [-0.2, -0.15) is 4.98 Å². The van der Waals surface area contributed by atoms with Crippen molar-refractivity contribution in [2.24, 2.45) is 0 Å². The van der Waals surface area contributed by atoms with Crippen molar-refractivity contribution in [3.8, 4) is 0 Å². The molecule has 9 heteroatoms. The van der Waals surface area contributed by atoms with Gasteiger partial charge in [0.2, 0.25) is 6.39 Å². The molecule has 1 aliphatic heterocycles. The number of likely N-dealkylation sites (tertiary alicyclic amines) is 1. The van der Waals surface area contributed by atoms with Crippen LogP contribution in [0.1, 0.15) is 47.9 Å². The van der Waals surface area contributed by atoms with Crippen LogP contribution in [0.2, 0.25) is 5.02 Å². The average Bonchev–Trinajstić information content (AvgIpc) is 2.98. The van der Waals surface area contributed by atoms with E-state index in [4.69, 9.17) is 16.1 Å². The first-order valence-electron chi connectivity index (χ1n) is 7.95. The first-order chi connectivity index (χ1) is 11.9. The number of carbonyl (C=O) groups is 1. The lowest BCUT2D eigenvalue weighted by atomic mass is 10.1. The van der Waals surface area contributed by atoms with Crippen LogP contribution in [0.15, 0.2) is 34.0 Å². The van der Waals surface area contributed by atoms with E-state index in [1.807, 2.05) is 0 Å². The maximum Gasteiger partial charge on any atom is 0.256 e. The van der Waals surface area contributed by atoms with Crippen molar-refractivity contribution >= 4 is 27.3 Å². The van der Waals surface area contributed by atoms with Crippen LogP contribution < -0.4 is 0 Å². The number of nitrogens with zero attached hydrogens (tertiary/aromatic N) is 3. The number of hydrogen-bond donors (Lipinski definition) is 0. The monoisotopic (exact) mass is 383 g/mol. The fourth-order valence-electron chi connectivity index (χ4n) is 3.00. The van der Waals surface area contributed by atoms with Crippen molar-refractivity contribution in [1.29, 1.82) is 0 Å². The zero-order valence-electron chi connectivity index (χ0n) is 13.7. The molecule has 1 aromatic heterocycles. The molecule has 0 radical (unpaired) electrons. The quantitative estimate of drug-likeness (QED) is 0.808. The van der Waals surface area contributed by atoms with Crippen LogP contribution in [-0.2, 0) is 9.84 Å². The molecule has 0 saturated carbocycles. The minimum atomic E-state index is -3.44. The second-order valence-corrected chi connectivity index (χ2v) is 8.49. The number of halogens is 1. The van der Waals surface area contributed by atoms with Crippen LogP contribution >= 0.6 is 11.6 Å². The van der Waals surface area contributed by atoms with E-state index in [0.29, 0.717) is 18.8 Å². The third-order valence-electron chi connectivity index (χ3n) is 4.29. The first-order valence-corrected chi connectivity index (χ1v) is 10.2. The molecule has 25 heavy (non-hydrogen) atoms. The van der Waals surface area contributed by atoms with Gasteiger partial charge in [0.1, 0.15) is 0 Å². The molecule has 3 rings (SSSR count). The summed E-state index contributed by atoms with van der Waals surface area (Å²) in [6.45, 7) is 0.525. The lowest BCUT2D eigenvalue weighted by Crippen LogP contribution is -2.35. The molecule has 0 N–H and O–H groups in total. The Morgan fingerprint density at radius 1 is 1.32 bits per heavy atom. The Morgan fingerprint density at radius 2 is 2.12 bits per heavy atom. The number of carbonyl (C=O) groups excluding carboxylic acids is 1. The smallest absolute Gasteiger partial charge is 0.256 e. The summed E-state index contributed by atoms with van der Waals surface area (Å²) in [5.41, 5.74) is 0.167. The van der Waals surface area contributed by atoms with Crippen molar-refractivity contribution in [3.05, 3.63) is 41.0 Å². The molecule has 1 saturated heterocycles. The van der Waals surface area contributed by atoms with E-state index < -0.39 is 9.84 Å². The van der Waals surface area contributed by atoms with Gasteiger partial charge >= 0.3 is 0 Å². The number of rotatable bonds is 3. The molecule has 1 fully saturated rings. The SMILES string of the molecule is CS(=O)(=O)c1ccc(Cl)c(C(=O)N2CCCCCC2c2ncon2)c1. The van der Waals surface area contributed by atoms with Crippen molar-refractivity contribution in [2.75, 3.05) is 12.8 Å². The van der Waals surface area contributed by atoms with Crippen LogP contribution in [-0.4, -0.2) is 42.2 Å². The molecule has 0 bridgehead atoms. The average molecular weight is 384 g/mol. The highest BCUT2D eigenvalue weighted by molar-refractivity contribution is 7.90. The highest BCUT2D eigenvalue weighted by atomic mass is 35.5. The molecule has 0 spiro atoms. The van der Waals surface area contributed by atoms with E-state index in [0.717, 1.165) is 25.5 Å². The zero-order chi connectivity index (χ0) is 18.0. The van der Waals surface area contributed by atoms with Gasteiger partial charge in [0.25, 0.3) is 5.91 Å². The molecule has 7 nitrogen and oxygen atoms in total. The van der Waals surface area contributed by atoms with E-state index in [9.17, 15) is 13.2 Å². The number of amides is 1. The standard InChI is InChI=1S/C16H18ClN3O4S/c1-25(22,23)11-6-7-13(17)12(9-11)16(21)20-8-4-2-3-5-14(20)15-18-10-24-19-15/h6-7,9-10,14H,2-5,8H2,1H3. The predicted octanol–water partition coefficient (Wildman–Crippen LogP) is 2.88. The van der Waals surface area contributed by atoms with Gasteiger partial charge in [-0.05, 0) is 31.0 Å². The van der Waals surface area contributed by atoms with Gasteiger partial charge in [-0.25, -0.2) is 8.42 Å². The highest BCUT2D eigenvalue weighted by Gasteiger charge is 2.31. The maximum atomic E-state index is 13.1. The van der Waals surface area contributed by atoms with Gasteiger partial charge in [-0.3, -0.25) is 4.79 Å². The van der Waals surface area contributed by atoms with Gasteiger partial charge in [-0.15, -0.1) is 0 Å². The Kier molecular flexibility index (Phi) is 5.10. The fourth-order valence-corrected chi connectivity index (χ4v) is 3.84. The normalized spacial score (nSPS) is 18.8.